The number of halogens is 2. The minimum Gasteiger partial charge on any atom is -0.480 e. The summed E-state index contributed by atoms with van der Waals surface area (Å²) in [4.78, 5) is 10.5. The van der Waals surface area contributed by atoms with Gasteiger partial charge in [0.15, 0.2) is 0 Å². The van der Waals surface area contributed by atoms with Crippen molar-refractivity contribution in [2.24, 2.45) is 0 Å². The van der Waals surface area contributed by atoms with E-state index in [1.54, 1.807) is 6.92 Å². The van der Waals surface area contributed by atoms with E-state index in [9.17, 15) is 4.79 Å². The predicted octanol–water partition coefficient (Wildman–Crippen LogP) is 2.76. The molecule has 1 rings (SSSR count). The molecule has 14 heavy (non-hydrogen) atoms. The summed E-state index contributed by atoms with van der Waals surface area (Å²) >= 11 is 3.30. The Morgan fingerprint density at radius 1 is 1.57 bits per heavy atom. The van der Waals surface area contributed by atoms with Crippen LogP contribution < -0.4 is 5.32 Å². The number of aliphatic carboxylic acids is 1. The van der Waals surface area contributed by atoms with Gasteiger partial charge in [0.25, 0.3) is 0 Å². The van der Waals surface area contributed by atoms with Crippen LogP contribution in [0.25, 0.3) is 0 Å². The second-order valence-electron chi connectivity index (χ2n) is 2.71. The monoisotopic (exact) mass is 279 g/mol. The molecule has 0 aliphatic heterocycles. The average molecular weight is 281 g/mol. The highest BCUT2D eigenvalue weighted by Crippen LogP contribution is 2.16. The van der Waals surface area contributed by atoms with Gasteiger partial charge < -0.3 is 10.4 Å². The Kier molecular flexibility index (Phi) is 5.57. The van der Waals surface area contributed by atoms with Crippen LogP contribution in [0.2, 0.25) is 0 Å². The maximum absolute atomic E-state index is 10.5. The third-order valence-corrected chi connectivity index (χ3v) is 2.07. The number of anilines is 1. The Bertz CT molecular complexity index is 319. The van der Waals surface area contributed by atoms with Crippen molar-refractivity contribution < 1.29 is 9.90 Å². The molecule has 0 saturated carbocycles. The lowest BCUT2D eigenvalue weighted by Crippen LogP contribution is -2.25. The molecule has 0 fully saturated rings. The zero-order valence-corrected chi connectivity index (χ0v) is 9.93. The normalized spacial score (nSPS) is 11.3. The van der Waals surface area contributed by atoms with Crippen molar-refractivity contribution in [2.45, 2.75) is 13.0 Å². The third-order valence-electron chi connectivity index (χ3n) is 1.58. The Balaban J connectivity index is 0.00000169. The maximum atomic E-state index is 10.5. The Morgan fingerprint density at radius 3 is 2.71 bits per heavy atom. The molecular weight excluding hydrogens is 269 g/mol. The van der Waals surface area contributed by atoms with Crippen LogP contribution in [0.15, 0.2) is 28.7 Å². The third kappa shape index (κ3) is 3.98. The molecule has 0 aromatic heterocycles. The van der Waals surface area contributed by atoms with E-state index in [0.717, 1.165) is 10.2 Å². The van der Waals surface area contributed by atoms with Crippen LogP contribution in [0, 0.1) is 0 Å². The first-order valence-electron chi connectivity index (χ1n) is 3.84. The van der Waals surface area contributed by atoms with E-state index < -0.39 is 12.0 Å². The van der Waals surface area contributed by atoms with E-state index in [1.165, 1.54) is 0 Å². The summed E-state index contributed by atoms with van der Waals surface area (Å²) in [7, 11) is 0. The first-order chi connectivity index (χ1) is 6.09. The summed E-state index contributed by atoms with van der Waals surface area (Å²) in [5.41, 5.74) is 0.796. The smallest absolute Gasteiger partial charge is 0.325 e. The minimum absolute atomic E-state index is 0. The molecule has 1 aromatic carbocycles. The molecule has 0 spiro atoms. The van der Waals surface area contributed by atoms with Gasteiger partial charge in [0, 0.05) is 10.2 Å². The van der Waals surface area contributed by atoms with Crippen molar-refractivity contribution in [3.8, 4) is 0 Å². The molecule has 0 bridgehead atoms. The van der Waals surface area contributed by atoms with Crippen LogP contribution in [0.3, 0.4) is 0 Å². The number of carboxylic acids is 1. The Morgan fingerprint density at radius 2 is 2.21 bits per heavy atom. The van der Waals surface area contributed by atoms with Crippen molar-refractivity contribution in [1.29, 1.82) is 0 Å². The molecule has 0 aliphatic carbocycles. The van der Waals surface area contributed by atoms with E-state index in [1.807, 2.05) is 24.3 Å². The molecule has 0 saturated heterocycles. The Labute approximate surface area is 97.1 Å². The minimum atomic E-state index is -0.861. The van der Waals surface area contributed by atoms with Crippen LogP contribution in [-0.2, 0) is 4.79 Å². The fourth-order valence-corrected chi connectivity index (χ4v) is 1.29. The van der Waals surface area contributed by atoms with Crippen molar-refractivity contribution in [3.05, 3.63) is 28.7 Å². The number of rotatable bonds is 3. The van der Waals surface area contributed by atoms with E-state index in [2.05, 4.69) is 21.2 Å². The number of hydrogen-bond acceptors (Lipinski definition) is 2. The lowest BCUT2D eigenvalue weighted by atomic mass is 10.3. The summed E-state index contributed by atoms with van der Waals surface area (Å²) in [6.45, 7) is 1.60. The summed E-state index contributed by atoms with van der Waals surface area (Å²) in [6, 6.07) is 6.82. The lowest BCUT2D eigenvalue weighted by Gasteiger charge is -2.10. The van der Waals surface area contributed by atoms with E-state index >= 15 is 0 Å². The standard InChI is InChI=1S/C9H10BrNO2.ClH/c1-6(9(12)13)11-8-4-2-3-7(10)5-8;/h2-6,11H,1H3,(H,12,13);1H/t6-;/m0./s1. The molecule has 2 N–H and O–H groups in total. The highest BCUT2D eigenvalue weighted by Gasteiger charge is 2.09. The quantitative estimate of drug-likeness (QED) is 0.895. The number of hydrogen-bond donors (Lipinski definition) is 2. The van der Waals surface area contributed by atoms with Crippen molar-refractivity contribution >= 4 is 40.0 Å². The predicted molar refractivity (Wildman–Crippen MR) is 62.1 cm³/mol. The van der Waals surface area contributed by atoms with Crippen LogP contribution >= 0.6 is 28.3 Å². The number of nitrogens with one attached hydrogen (secondary N) is 1. The molecule has 78 valence electrons. The molecule has 0 amide bonds. The fourth-order valence-electron chi connectivity index (χ4n) is 0.890. The molecule has 0 heterocycles. The van der Waals surface area contributed by atoms with Gasteiger partial charge >= 0.3 is 5.97 Å². The molecule has 0 unspecified atom stereocenters. The van der Waals surface area contributed by atoms with Gasteiger partial charge in [0.05, 0.1) is 0 Å². The van der Waals surface area contributed by atoms with Crippen molar-refractivity contribution in [3.63, 3.8) is 0 Å². The zero-order chi connectivity index (χ0) is 9.84. The van der Waals surface area contributed by atoms with Gasteiger partial charge in [-0.15, -0.1) is 12.4 Å². The van der Waals surface area contributed by atoms with Crippen molar-refractivity contribution in [1.82, 2.24) is 0 Å². The van der Waals surface area contributed by atoms with Gasteiger partial charge in [-0.3, -0.25) is 4.79 Å². The highest BCUT2D eigenvalue weighted by molar-refractivity contribution is 9.10. The molecular formula is C9H11BrClNO2. The highest BCUT2D eigenvalue weighted by atomic mass is 79.9. The molecule has 0 aliphatic rings. The topological polar surface area (TPSA) is 49.3 Å². The largest absolute Gasteiger partial charge is 0.480 e. The number of carboxylic acid groups (broad SMARTS) is 1. The maximum Gasteiger partial charge on any atom is 0.325 e. The van der Waals surface area contributed by atoms with Crippen LogP contribution in [-0.4, -0.2) is 17.1 Å². The van der Waals surface area contributed by atoms with Crippen molar-refractivity contribution in [2.75, 3.05) is 5.32 Å². The second kappa shape index (κ2) is 5.88. The van der Waals surface area contributed by atoms with Crippen LogP contribution in [0.1, 0.15) is 6.92 Å². The SMILES string of the molecule is C[C@H](Nc1cccc(Br)c1)C(=O)O.Cl. The van der Waals surface area contributed by atoms with E-state index in [4.69, 9.17) is 5.11 Å². The summed E-state index contributed by atoms with van der Waals surface area (Å²) in [5.74, 6) is -0.861. The first kappa shape index (κ1) is 13.3. The summed E-state index contributed by atoms with van der Waals surface area (Å²) < 4.78 is 0.926. The molecule has 3 nitrogen and oxygen atoms in total. The molecule has 5 heteroatoms. The van der Waals surface area contributed by atoms with Gasteiger partial charge in [0.1, 0.15) is 6.04 Å². The van der Waals surface area contributed by atoms with Gasteiger partial charge in [-0.05, 0) is 25.1 Å². The molecule has 1 aromatic rings. The molecule has 0 radical (unpaired) electrons. The fraction of sp³-hybridized carbons (Fsp3) is 0.222. The lowest BCUT2D eigenvalue weighted by molar-refractivity contribution is -0.137. The first-order valence-corrected chi connectivity index (χ1v) is 4.64. The van der Waals surface area contributed by atoms with Crippen LogP contribution in [0.4, 0.5) is 5.69 Å². The zero-order valence-electron chi connectivity index (χ0n) is 7.53. The number of benzene rings is 1. The summed E-state index contributed by atoms with van der Waals surface area (Å²) in [5, 5.41) is 11.5. The van der Waals surface area contributed by atoms with E-state index in [-0.39, 0.29) is 12.4 Å². The van der Waals surface area contributed by atoms with Crippen LogP contribution in [0.5, 0.6) is 0 Å². The molecule has 1 atom stereocenters. The second-order valence-corrected chi connectivity index (χ2v) is 3.63. The summed E-state index contributed by atoms with van der Waals surface area (Å²) in [6.07, 6.45) is 0. The Hall–Kier alpha value is -0.740. The van der Waals surface area contributed by atoms with Gasteiger partial charge in [-0.1, -0.05) is 22.0 Å². The van der Waals surface area contributed by atoms with Gasteiger partial charge in [-0.25, -0.2) is 0 Å². The average Bonchev–Trinajstić information content (AvgIpc) is 2.04. The van der Waals surface area contributed by atoms with Gasteiger partial charge in [0.2, 0.25) is 0 Å². The van der Waals surface area contributed by atoms with Gasteiger partial charge in [-0.2, -0.15) is 0 Å². The number of carbonyl (C=O) groups is 1. The van der Waals surface area contributed by atoms with E-state index in [0.29, 0.717) is 0 Å².